The van der Waals surface area contributed by atoms with Crippen LogP contribution in [0, 0.1) is 0 Å². The molecule has 0 atom stereocenters. The van der Waals surface area contributed by atoms with Crippen molar-refractivity contribution in [2.45, 2.75) is 6.54 Å². The lowest BCUT2D eigenvalue weighted by molar-refractivity contribution is -0.122. The van der Waals surface area contributed by atoms with Gasteiger partial charge in [-0.15, -0.1) is 5.10 Å². The zero-order chi connectivity index (χ0) is 24.9. The number of hydrogen-bond acceptors (Lipinski definition) is 8. The minimum absolute atomic E-state index is 0.0311. The first-order chi connectivity index (χ1) is 16.9. The molecule has 1 aliphatic heterocycles. The fourth-order valence-corrected chi connectivity index (χ4v) is 5.38. The van der Waals surface area contributed by atoms with Gasteiger partial charge in [-0.3, -0.25) is 9.69 Å². The molecule has 1 amide bonds. The monoisotopic (exact) mass is 619 g/mol. The van der Waals surface area contributed by atoms with Crippen LogP contribution in [0.5, 0.6) is 17.2 Å². The second-order valence-electron chi connectivity index (χ2n) is 7.15. The molecule has 1 aliphatic rings. The number of aromatic hydroxyl groups is 1. The first-order valence-electron chi connectivity index (χ1n) is 10.1. The number of phenols is 1. The van der Waals surface area contributed by atoms with E-state index < -0.39 is 0 Å². The predicted molar refractivity (Wildman–Crippen MR) is 143 cm³/mol. The van der Waals surface area contributed by atoms with E-state index >= 15 is 0 Å². The van der Waals surface area contributed by atoms with Crippen molar-refractivity contribution in [3.63, 3.8) is 0 Å². The summed E-state index contributed by atoms with van der Waals surface area (Å²) >= 11 is 7.88. The number of amidine groups is 1. The highest BCUT2D eigenvalue weighted by Crippen LogP contribution is 2.38. The summed E-state index contributed by atoms with van der Waals surface area (Å²) in [5.74, 6) is 1.53. The normalized spacial score (nSPS) is 16.1. The van der Waals surface area contributed by atoms with Crippen molar-refractivity contribution >= 4 is 67.0 Å². The molecule has 0 spiro atoms. The summed E-state index contributed by atoms with van der Waals surface area (Å²) in [5, 5.41) is 19.3. The molecule has 0 saturated carbocycles. The Balaban J connectivity index is 1.65. The fourth-order valence-electron chi connectivity index (χ4n) is 3.20. The van der Waals surface area contributed by atoms with E-state index in [9.17, 15) is 9.90 Å². The molecule has 180 valence electrons. The van der Waals surface area contributed by atoms with Crippen molar-refractivity contribution in [3.8, 4) is 17.2 Å². The SMILES string of the molecule is COc1ccc(/C=N/N=C2\S/C(=C\c3cc(Br)cc(Br)c3O)C(=O)N2Cc2ccco2)cc1OC. The van der Waals surface area contributed by atoms with Gasteiger partial charge in [0, 0.05) is 10.0 Å². The number of hydrogen-bond donors (Lipinski definition) is 1. The molecule has 1 N–H and O–H groups in total. The molecule has 3 aromatic rings. The van der Waals surface area contributed by atoms with Crippen LogP contribution in [-0.4, -0.2) is 41.5 Å². The highest BCUT2D eigenvalue weighted by Gasteiger charge is 2.34. The average Bonchev–Trinajstić information content (AvgIpc) is 3.46. The Bertz CT molecular complexity index is 1340. The maximum atomic E-state index is 13.2. The number of methoxy groups -OCH3 is 2. The van der Waals surface area contributed by atoms with Crippen LogP contribution < -0.4 is 9.47 Å². The molecule has 35 heavy (non-hydrogen) atoms. The third-order valence-electron chi connectivity index (χ3n) is 4.88. The van der Waals surface area contributed by atoms with Crippen molar-refractivity contribution in [1.29, 1.82) is 0 Å². The summed E-state index contributed by atoms with van der Waals surface area (Å²) in [5.41, 5.74) is 1.23. The average molecular weight is 621 g/mol. The van der Waals surface area contributed by atoms with Gasteiger partial charge >= 0.3 is 0 Å². The Kier molecular flexibility index (Phi) is 7.99. The van der Waals surface area contributed by atoms with Gasteiger partial charge < -0.3 is 19.0 Å². The van der Waals surface area contributed by atoms with Crippen molar-refractivity contribution < 1.29 is 23.8 Å². The molecular weight excluding hydrogens is 602 g/mol. The lowest BCUT2D eigenvalue weighted by Crippen LogP contribution is -2.28. The molecule has 2 aromatic carbocycles. The molecule has 2 heterocycles. The van der Waals surface area contributed by atoms with Crippen molar-refractivity contribution in [3.05, 3.63) is 79.5 Å². The maximum Gasteiger partial charge on any atom is 0.267 e. The van der Waals surface area contributed by atoms with Crippen molar-refractivity contribution in [2.24, 2.45) is 10.2 Å². The molecule has 8 nitrogen and oxygen atoms in total. The Morgan fingerprint density at radius 1 is 1.14 bits per heavy atom. The largest absolute Gasteiger partial charge is 0.506 e. The number of furan rings is 1. The fraction of sp³-hybridized carbons (Fsp3) is 0.125. The molecule has 0 aliphatic carbocycles. The van der Waals surface area contributed by atoms with Gasteiger partial charge in [-0.2, -0.15) is 5.10 Å². The van der Waals surface area contributed by atoms with Crippen LogP contribution >= 0.6 is 43.6 Å². The summed E-state index contributed by atoms with van der Waals surface area (Å²) in [7, 11) is 3.12. The van der Waals surface area contributed by atoms with Gasteiger partial charge in [0.05, 0.1) is 42.6 Å². The van der Waals surface area contributed by atoms with Crippen molar-refractivity contribution in [2.75, 3.05) is 14.2 Å². The van der Waals surface area contributed by atoms with E-state index in [2.05, 4.69) is 42.1 Å². The molecule has 1 fully saturated rings. The first-order valence-corrected chi connectivity index (χ1v) is 12.5. The second kappa shape index (κ2) is 11.1. The number of benzene rings is 2. The van der Waals surface area contributed by atoms with E-state index in [0.29, 0.717) is 37.4 Å². The van der Waals surface area contributed by atoms with Crippen LogP contribution in [0.25, 0.3) is 6.08 Å². The standard InChI is InChI=1S/C24H19Br2N3O5S/c1-32-19-6-5-14(8-20(19)33-2)12-27-28-24-29(13-17-4-3-7-34-17)23(31)21(35-24)10-15-9-16(25)11-18(26)22(15)30/h3-12,30H,13H2,1-2H3/b21-10-,27-12+,28-24-. The third-order valence-corrected chi connectivity index (χ3v) is 6.94. The van der Waals surface area contributed by atoms with Crippen LogP contribution in [0.4, 0.5) is 0 Å². The van der Waals surface area contributed by atoms with Gasteiger partial charge in [0.25, 0.3) is 5.91 Å². The number of halogens is 2. The number of amides is 1. The number of nitrogens with zero attached hydrogens (tertiary/aromatic N) is 3. The molecule has 1 saturated heterocycles. The summed E-state index contributed by atoms with van der Waals surface area (Å²) in [6, 6.07) is 12.3. The van der Waals surface area contributed by atoms with Crippen LogP contribution in [0.1, 0.15) is 16.9 Å². The summed E-state index contributed by atoms with van der Waals surface area (Å²) in [4.78, 5) is 15.1. The highest BCUT2D eigenvalue weighted by atomic mass is 79.9. The molecule has 0 radical (unpaired) electrons. The first kappa shape index (κ1) is 25.1. The van der Waals surface area contributed by atoms with E-state index in [1.54, 1.807) is 69.2 Å². The van der Waals surface area contributed by atoms with Crippen LogP contribution in [0.3, 0.4) is 0 Å². The van der Waals surface area contributed by atoms with Gasteiger partial charge in [0.1, 0.15) is 11.5 Å². The smallest absolute Gasteiger partial charge is 0.267 e. The van der Waals surface area contributed by atoms with Gasteiger partial charge in [0.15, 0.2) is 16.7 Å². The lowest BCUT2D eigenvalue weighted by Gasteiger charge is -2.12. The van der Waals surface area contributed by atoms with Crippen molar-refractivity contribution in [1.82, 2.24) is 4.90 Å². The number of phenolic OH excluding ortho intramolecular Hbond substituents is 1. The molecule has 0 bridgehead atoms. The zero-order valence-corrected chi connectivity index (χ0v) is 22.6. The van der Waals surface area contributed by atoms with Crippen LogP contribution in [0.15, 0.2) is 77.2 Å². The lowest BCUT2D eigenvalue weighted by atomic mass is 10.2. The molecule has 1 aromatic heterocycles. The minimum atomic E-state index is -0.276. The van der Waals surface area contributed by atoms with Gasteiger partial charge in [0.2, 0.25) is 0 Å². The van der Waals surface area contributed by atoms with Crippen LogP contribution in [0.2, 0.25) is 0 Å². The summed E-state index contributed by atoms with van der Waals surface area (Å²) in [6.07, 6.45) is 4.72. The Morgan fingerprint density at radius 3 is 2.66 bits per heavy atom. The topological polar surface area (TPSA) is 96.9 Å². The summed E-state index contributed by atoms with van der Waals surface area (Å²) in [6.45, 7) is 0.190. The third kappa shape index (κ3) is 5.80. The number of thioether (sulfide) groups is 1. The quantitative estimate of drug-likeness (QED) is 0.197. The van der Waals surface area contributed by atoms with Gasteiger partial charge in [-0.05, 0) is 81.8 Å². The van der Waals surface area contributed by atoms with E-state index in [-0.39, 0.29) is 18.2 Å². The van der Waals surface area contributed by atoms with E-state index in [0.717, 1.165) is 21.8 Å². The Labute approximate surface area is 222 Å². The Hall–Kier alpha value is -3.02. The highest BCUT2D eigenvalue weighted by molar-refractivity contribution is 9.11. The minimum Gasteiger partial charge on any atom is -0.506 e. The number of carbonyl (C=O) groups excluding carboxylic acids is 1. The van der Waals surface area contributed by atoms with E-state index in [4.69, 9.17) is 13.9 Å². The van der Waals surface area contributed by atoms with E-state index in [1.165, 1.54) is 4.90 Å². The second-order valence-corrected chi connectivity index (χ2v) is 9.93. The number of rotatable bonds is 7. The van der Waals surface area contributed by atoms with Gasteiger partial charge in [-0.1, -0.05) is 15.9 Å². The zero-order valence-electron chi connectivity index (χ0n) is 18.6. The maximum absolute atomic E-state index is 13.2. The molecule has 0 unspecified atom stereocenters. The Morgan fingerprint density at radius 2 is 1.94 bits per heavy atom. The summed E-state index contributed by atoms with van der Waals surface area (Å²) < 4.78 is 17.3. The number of carbonyl (C=O) groups is 1. The molecule has 11 heteroatoms. The van der Waals surface area contributed by atoms with Crippen LogP contribution in [-0.2, 0) is 11.3 Å². The van der Waals surface area contributed by atoms with E-state index in [1.807, 2.05) is 6.07 Å². The predicted octanol–water partition coefficient (Wildman–Crippen LogP) is 6.03. The number of ether oxygens (including phenoxy) is 2. The molecule has 4 rings (SSSR count). The van der Waals surface area contributed by atoms with Gasteiger partial charge in [-0.25, -0.2) is 0 Å². The molecular formula is C24H19Br2N3O5S.